The van der Waals surface area contributed by atoms with Crippen LogP contribution in [0, 0.1) is 5.92 Å². The summed E-state index contributed by atoms with van der Waals surface area (Å²) in [6.45, 7) is 1.33. The Bertz CT molecular complexity index is 790. The zero-order chi connectivity index (χ0) is 17.8. The molecule has 130 valence electrons. The Labute approximate surface area is 146 Å². The second-order valence-electron chi connectivity index (χ2n) is 6.18. The number of carboxylic acid groups (broad SMARTS) is 1. The molecule has 0 spiro atoms. The third kappa shape index (κ3) is 3.79. The smallest absolute Gasteiger partial charge is 0.335 e. The van der Waals surface area contributed by atoms with E-state index in [0.717, 1.165) is 18.4 Å². The number of methoxy groups -OCH3 is 1. The molecule has 3 rings (SSSR count). The van der Waals surface area contributed by atoms with Crippen molar-refractivity contribution in [2.45, 2.75) is 12.8 Å². The number of aromatic nitrogens is 1. The first-order valence-electron chi connectivity index (χ1n) is 8.19. The topological polar surface area (TPSA) is 79.7 Å². The Morgan fingerprint density at radius 3 is 2.92 bits per heavy atom. The van der Waals surface area contributed by atoms with Crippen LogP contribution in [0.3, 0.4) is 0 Å². The van der Waals surface area contributed by atoms with Crippen LogP contribution in [0.1, 0.15) is 32.7 Å². The van der Waals surface area contributed by atoms with E-state index in [9.17, 15) is 9.59 Å². The van der Waals surface area contributed by atoms with Crippen LogP contribution in [0.15, 0.2) is 42.6 Å². The van der Waals surface area contributed by atoms with E-state index >= 15 is 0 Å². The molecule has 1 N–H and O–H groups in total. The predicted octanol–water partition coefficient (Wildman–Crippen LogP) is 2.49. The first-order chi connectivity index (χ1) is 12.1. The van der Waals surface area contributed by atoms with Crippen molar-refractivity contribution in [1.29, 1.82) is 0 Å². The molecule has 1 aliphatic heterocycles. The number of carboxylic acids is 1. The average Bonchev–Trinajstić information content (AvgIpc) is 3.09. The highest BCUT2D eigenvalue weighted by atomic mass is 16.5. The predicted molar refractivity (Wildman–Crippen MR) is 91.9 cm³/mol. The van der Waals surface area contributed by atoms with Crippen LogP contribution in [-0.2, 0) is 6.42 Å². The maximum atomic E-state index is 12.7. The van der Waals surface area contributed by atoms with Crippen LogP contribution in [0.4, 0.5) is 0 Å². The Morgan fingerprint density at radius 1 is 1.32 bits per heavy atom. The van der Waals surface area contributed by atoms with Gasteiger partial charge in [0.05, 0.1) is 12.7 Å². The van der Waals surface area contributed by atoms with Crippen molar-refractivity contribution in [2.75, 3.05) is 20.2 Å². The van der Waals surface area contributed by atoms with E-state index in [1.165, 1.54) is 7.11 Å². The highest BCUT2D eigenvalue weighted by Crippen LogP contribution is 2.25. The molecule has 25 heavy (non-hydrogen) atoms. The SMILES string of the molecule is COc1ncccc1C(=O)N1CC[C@H](Cc2cccc(C(=O)O)c2)C1. The number of nitrogens with zero attached hydrogens (tertiary/aromatic N) is 2. The molecule has 0 bridgehead atoms. The molecule has 2 heterocycles. The van der Waals surface area contributed by atoms with E-state index in [-0.39, 0.29) is 5.91 Å². The summed E-state index contributed by atoms with van der Waals surface area (Å²) >= 11 is 0. The van der Waals surface area contributed by atoms with Crippen LogP contribution < -0.4 is 4.74 Å². The number of ether oxygens (including phenoxy) is 1. The number of hydrogen-bond donors (Lipinski definition) is 1. The van der Waals surface area contributed by atoms with Crippen molar-refractivity contribution in [3.63, 3.8) is 0 Å². The highest BCUT2D eigenvalue weighted by Gasteiger charge is 2.28. The Hall–Kier alpha value is -2.89. The standard InChI is InChI=1S/C19H20N2O4/c1-25-17-16(6-3-8-20-17)18(22)21-9-7-14(12-21)10-13-4-2-5-15(11-13)19(23)24/h2-6,8,11,14H,7,9-10,12H2,1H3,(H,23,24)/t14-/m1/s1. The van der Waals surface area contributed by atoms with Gasteiger partial charge in [-0.2, -0.15) is 0 Å². The fraction of sp³-hybridized carbons (Fsp3) is 0.316. The largest absolute Gasteiger partial charge is 0.480 e. The number of benzene rings is 1. The molecular weight excluding hydrogens is 320 g/mol. The molecule has 2 aromatic rings. The summed E-state index contributed by atoms with van der Waals surface area (Å²) in [6, 6.07) is 10.4. The number of pyridine rings is 1. The number of carbonyl (C=O) groups is 2. The molecule has 1 aliphatic rings. The highest BCUT2D eigenvalue weighted by molar-refractivity contribution is 5.96. The molecule has 6 heteroatoms. The lowest BCUT2D eigenvalue weighted by molar-refractivity contribution is 0.0696. The monoisotopic (exact) mass is 340 g/mol. The van der Waals surface area contributed by atoms with E-state index in [1.54, 1.807) is 36.5 Å². The Kier molecular flexibility index (Phi) is 4.97. The van der Waals surface area contributed by atoms with Crippen molar-refractivity contribution in [2.24, 2.45) is 5.92 Å². The Morgan fingerprint density at radius 2 is 2.16 bits per heavy atom. The van der Waals surface area contributed by atoms with Crippen LogP contribution in [0.5, 0.6) is 5.88 Å². The lowest BCUT2D eigenvalue weighted by atomic mass is 9.97. The van der Waals surface area contributed by atoms with Gasteiger partial charge in [0.2, 0.25) is 5.88 Å². The molecule has 1 saturated heterocycles. The Balaban J connectivity index is 1.66. The quantitative estimate of drug-likeness (QED) is 0.904. The van der Waals surface area contributed by atoms with Crippen molar-refractivity contribution in [3.8, 4) is 5.88 Å². The number of likely N-dealkylation sites (tertiary alicyclic amines) is 1. The van der Waals surface area contributed by atoms with Crippen molar-refractivity contribution in [3.05, 3.63) is 59.3 Å². The van der Waals surface area contributed by atoms with Crippen molar-refractivity contribution >= 4 is 11.9 Å². The average molecular weight is 340 g/mol. The van der Waals surface area contributed by atoms with Gasteiger partial charge in [-0.05, 0) is 48.6 Å². The number of hydrogen-bond acceptors (Lipinski definition) is 4. The van der Waals surface area contributed by atoms with Gasteiger partial charge >= 0.3 is 5.97 Å². The molecular formula is C19H20N2O4. The minimum atomic E-state index is -0.922. The molecule has 1 aromatic heterocycles. The summed E-state index contributed by atoms with van der Waals surface area (Å²) in [4.78, 5) is 29.7. The molecule has 0 unspecified atom stereocenters. The fourth-order valence-electron chi connectivity index (χ4n) is 3.23. The van der Waals surface area contributed by atoms with Gasteiger partial charge in [0, 0.05) is 19.3 Å². The summed E-state index contributed by atoms with van der Waals surface area (Å²) in [7, 11) is 1.50. The third-order valence-electron chi connectivity index (χ3n) is 4.47. The van der Waals surface area contributed by atoms with Crippen LogP contribution >= 0.6 is 0 Å². The zero-order valence-corrected chi connectivity index (χ0v) is 14.0. The molecule has 1 amide bonds. The summed E-state index contributed by atoms with van der Waals surface area (Å²) in [5.41, 5.74) is 1.75. The fourth-order valence-corrected chi connectivity index (χ4v) is 3.23. The van der Waals surface area contributed by atoms with E-state index in [2.05, 4.69) is 4.98 Å². The van der Waals surface area contributed by atoms with Crippen molar-refractivity contribution < 1.29 is 19.4 Å². The lowest BCUT2D eigenvalue weighted by Gasteiger charge is -2.17. The van der Waals surface area contributed by atoms with Gasteiger partial charge in [-0.25, -0.2) is 9.78 Å². The van der Waals surface area contributed by atoms with E-state index in [0.29, 0.717) is 36.0 Å². The summed E-state index contributed by atoms with van der Waals surface area (Å²) in [5.74, 6) is -0.346. The van der Waals surface area contributed by atoms with Gasteiger partial charge in [0.1, 0.15) is 5.56 Å². The molecule has 0 aliphatic carbocycles. The maximum absolute atomic E-state index is 12.7. The molecule has 1 aromatic carbocycles. The van der Waals surface area contributed by atoms with E-state index < -0.39 is 5.97 Å². The number of amides is 1. The van der Waals surface area contributed by atoms with Crippen molar-refractivity contribution in [1.82, 2.24) is 9.88 Å². The molecule has 0 radical (unpaired) electrons. The first-order valence-corrected chi connectivity index (χ1v) is 8.19. The van der Waals surface area contributed by atoms with Gasteiger partial charge in [-0.1, -0.05) is 12.1 Å². The van der Waals surface area contributed by atoms with Gasteiger partial charge in [-0.15, -0.1) is 0 Å². The number of carbonyl (C=O) groups excluding carboxylic acids is 1. The summed E-state index contributed by atoms with van der Waals surface area (Å²) in [6.07, 6.45) is 3.25. The second kappa shape index (κ2) is 7.34. The molecule has 6 nitrogen and oxygen atoms in total. The minimum Gasteiger partial charge on any atom is -0.480 e. The number of rotatable bonds is 5. The van der Waals surface area contributed by atoms with Crippen LogP contribution in [-0.4, -0.2) is 47.1 Å². The lowest BCUT2D eigenvalue weighted by Crippen LogP contribution is -2.29. The normalized spacial score (nSPS) is 16.7. The molecule has 0 saturated carbocycles. The number of aromatic carboxylic acids is 1. The third-order valence-corrected chi connectivity index (χ3v) is 4.47. The van der Waals surface area contributed by atoms with E-state index in [4.69, 9.17) is 9.84 Å². The van der Waals surface area contributed by atoms with Gasteiger partial charge in [0.25, 0.3) is 5.91 Å². The maximum Gasteiger partial charge on any atom is 0.335 e. The second-order valence-corrected chi connectivity index (χ2v) is 6.18. The van der Waals surface area contributed by atoms with Crippen LogP contribution in [0.25, 0.3) is 0 Å². The minimum absolute atomic E-state index is 0.0771. The van der Waals surface area contributed by atoms with Gasteiger partial charge in [0.15, 0.2) is 0 Å². The van der Waals surface area contributed by atoms with Crippen LogP contribution in [0.2, 0.25) is 0 Å². The molecule has 1 fully saturated rings. The molecule has 1 atom stereocenters. The summed E-state index contributed by atoms with van der Waals surface area (Å²) < 4.78 is 5.17. The van der Waals surface area contributed by atoms with Gasteiger partial charge in [-0.3, -0.25) is 4.79 Å². The first kappa shape index (κ1) is 17.0. The zero-order valence-electron chi connectivity index (χ0n) is 14.0. The van der Waals surface area contributed by atoms with Gasteiger partial charge < -0.3 is 14.7 Å². The summed E-state index contributed by atoms with van der Waals surface area (Å²) in [5, 5.41) is 9.09. The van der Waals surface area contributed by atoms with E-state index in [1.807, 2.05) is 11.0 Å².